The number of rotatable bonds is 5. The Hall–Kier alpha value is -0.820. The van der Waals surface area contributed by atoms with Gasteiger partial charge in [-0.1, -0.05) is 24.3 Å². The largest absolute Gasteiger partial charge is 0.370 e. The molecule has 0 radical (unpaired) electrons. The first-order valence-electron chi connectivity index (χ1n) is 6.81. The van der Waals surface area contributed by atoms with E-state index in [9.17, 15) is 0 Å². The molecule has 2 N–H and O–H groups in total. The molecule has 0 heterocycles. The van der Waals surface area contributed by atoms with Crippen molar-refractivity contribution < 1.29 is 0 Å². The van der Waals surface area contributed by atoms with E-state index in [1.165, 1.54) is 24.0 Å². The second kappa shape index (κ2) is 7.83. The third-order valence-electron chi connectivity index (χ3n) is 3.40. The second-order valence-corrected chi connectivity index (χ2v) is 5.57. The number of halogens is 1. The minimum absolute atomic E-state index is 0. The van der Waals surface area contributed by atoms with Gasteiger partial charge in [0.25, 0.3) is 0 Å². The first-order valence-corrected chi connectivity index (χ1v) is 6.81. The highest BCUT2D eigenvalue weighted by molar-refractivity contribution is 14.0. The molecule has 1 aliphatic rings. The van der Waals surface area contributed by atoms with E-state index >= 15 is 0 Å². The predicted molar refractivity (Wildman–Crippen MR) is 95.4 cm³/mol. The minimum Gasteiger partial charge on any atom is -0.370 e. The molecular formula is C15H25IN4. The zero-order chi connectivity index (χ0) is 13.8. The van der Waals surface area contributed by atoms with Crippen LogP contribution in [0.25, 0.3) is 0 Å². The van der Waals surface area contributed by atoms with Crippen LogP contribution in [0.2, 0.25) is 0 Å². The van der Waals surface area contributed by atoms with E-state index in [2.05, 4.69) is 53.2 Å². The standard InChI is InChI=1S/C15H24N4.HI/c1-18(2)11-13-6-4-12(5-7-13)10-17-15(16)19(3)14-8-9-14;/h4-7,14H,8-11H2,1-3H3,(H2,16,17);1H. The van der Waals surface area contributed by atoms with Crippen molar-refractivity contribution in [2.75, 3.05) is 21.1 Å². The van der Waals surface area contributed by atoms with E-state index in [0.717, 1.165) is 6.54 Å². The molecule has 0 spiro atoms. The summed E-state index contributed by atoms with van der Waals surface area (Å²) in [7, 11) is 6.18. The minimum atomic E-state index is 0. The zero-order valence-electron chi connectivity index (χ0n) is 12.5. The molecule has 20 heavy (non-hydrogen) atoms. The summed E-state index contributed by atoms with van der Waals surface area (Å²) in [5.41, 5.74) is 8.49. The third-order valence-corrected chi connectivity index (χ3v) is 3.40. The van der Waals surface area contributed by atoms with Crippen molar-refractivity contribution in [2.24, 2.45) is 10.7 Å². The van der Waals surface area contributed by atoms with Gasteiger partial charge in [0.15, 0.2) is 5.96 Å². The van der Waals surface area contributed by atoms with Crippen molar-refractivity contribution in [3.8, 4) is 0 Å². The molecule has 1 aromatic carbocycles. The Kier molecular flexibility index (Phi) is 6.75. The highest BCUT2D eigenvalue weighted by atomic mass is 127. The Bertz CT molecular complexity index is 438. The van der Waals surface area contributed by atoms with Gasteiger partial charge in [-0.05, 0) is 38.1 Å². The van der Waals surface area contributed by atoms with Gasteiger partial charge in [0.05, 0.1) is 6.54 Å². The summed E-state index contributed by atoms with van der Waals surface area (Å²) in [5.74, 6) is 0.653. The van der Waals surface area contributed by atoms with Crippen LogP contribution in [0.1, 0.15) is 24.0 Å². The van der Waals surface area contributed by atoms with Crippen LogP contribution in [-0.2, 0) is 13.1 Å². The van der Waals surface area contributed by atoms with Gasteiger partial charge in [0.1, 0.15) is 0 Å². The molecule has 0 unspecified atom stereocenters. The Balaban J connectivity index is 0.00000200. The molecule has 1 aliphatic carbocycles. The summed E-state index contributed by atoms with van der Waals surface area (Å²) in [6, 6.07) is 9.20. The van der Waals surface area contributed by atoms with Crippen molar-refractivity contribution in [3.05, 3.63) is 35.4 Å². The number of aliphatic imine (C=N–C) groups is 1. The summed E-state index contributed by atoms with van der Waals surface area (Å²) in [5, 5.41) is 0. The van der Waals surface area contributed by atoms with E-state index in [1.54, 1.807) is 0 Å². The molecule has 5 heteroatoms. The van der Waals surface area contributed by atoms with Crippen LogP contribution in [0.3, 0.4) is 0 Å². The first kappa shape index (κ1) is 17.2. The van der Waals surface area contributed by atoms with Gasteiger partial charge in [-0.3, -0.25) is 0 Å². The van der Waals surface area contributed by atoms with Crippen LogP contribution < -0.4 is 5.73 Å². The van der Waals surface area contributed by atoms with Gasteiger partial charge >= 0.3 is 0 Å². The molecule has 112 valence electrons. The fourth-order valence-electron chi connectivity index (χ4n) is 2.05. The number of guanidine groups is 1. The van der Waals surface area contributed by atoms with Gasteiger partial charge < -0.3 is 15.5 Å². The molecule has 1 fully saturated rings. The predicted octanol–water partition coefficient (Wildman–Crippen LogP) is 2.28. The smallest absolute Gasteiger partial charge is 0.191 e. The summed E-state index contributed by atoms with van der Waals surface area (Å²) < 4.78 is 0. The molecule has 0 atom stereocenters. The van der Waals surface area contributed by atoms with Gasteiger partial charge in [0.2, 0.25) is 0 Å². The topological polar surface area (TPSA) is 44.9 Å². The molecular weight excluding hydrogens is 363 g/mol. The first-order chi connectivity index (χ1) is 9.06. The fraction of sp³-hybridized carbons (Fsp3) is 0.533. The number of nitrogens with two attached hydrogens (primary N) is 1. The number of hydrogen-bond donors (Lipinski definition) is 1. The highest BCUT2D eigenvalue weighted by Gasteiger charge is 2.27. The molecule has 1 saturated carbocycles. The Morgan fingerprint density at radius 1 is 1.15 bits per heavy atom. The molecule has 4 nitrogen and oxygen atoms in total. The van der Waals surface area contributed by atoms with E-state index in [0.29, 0.717) is 18.5 Å². The maximum absolute atomic E-state index is 5.97. The van der Waals surface area contributed by atoms with Crippen molar-refractivity contribution in [2.45, 2.75) is 32.0 Å². The monoisotopic (exact) mass is 388 g/mol. The molecule has 0 aliphatic heterocycles. The van der Waals surface area contributed by atoms with Crippen LogP contribution >= 0.6 is 24.0 Å². The quantitative estimate of drug-likeness (QED) is 0.478. The summed E-state index contributed by atoms with van der Waals surface area (Å²) in [6.45, 7) is 1.63. The molecule has 0 amide bonds. The Morgan fingerprint density at radius 2 is 1.70 bits per heavy atom. The molecule has 2 rings (SSSR count). The van der Waals surface area contributed by atoms with E-state index < -0.39 is 0 Å². The lowest BCUT2D eigenvalue weighted by atomic mass is 10.1. The van der Waals surface area contributed by atoms with Crippen molar-refractivity contribution in [1.29, 1.82) is 0 Å². The molecule has 0 bridgehead atoms. The lowest BCUT2D eigenvalue weighted by Crippen LogP contribution is -2.35. The lowest BCUT2D eigenvalue weighted by Gasteiger charge is -2.16. The summed E-state index contributed by atoms with van der Waals surface area (Å²) >= 11 is 0. The lowest BCUT2D eigenvalue weighted by molar-refractivity contribution is 0.402. The van der Waals surface area contributed by atoms with Crippen LogP contribution in [0.4, 0.5) is 0 Å². The van der Waals surface area contributed by atoms with Gasteiger partial charge in [-0.15, -0.1) is 24.0 Å². The number of benzene rings is 1. The van der Waals surface area contributed by atoms with Gasteiger partial charge in [0, 0.05) is 19.6 Å². The van der Waals surface area contributed by atoms with Gasteiger partial charge in [-0.25, -0.2) is 4.99 Å². The fourth-order valence-corrected chi connectivity index (χ4v) is 2.05. The number of nitrogens with zero attached hydrogens (tertiary/aromatic N) is 3. The SMILES string of the molecule is CN(C)Cc1ccc(CN=C(N)N(C)C2CC2)cc1.I. The summed E-state index contributed by atoms with van der Waals surface area (Å²) in [4.78, 5) is 8.70. The normalized spacial score (nSPS) is 15.1. The van der Waals surface area contributed by atoms with Crippen LogP contribution in [0, 0.1) is 0 Å². The second-order valence-electron chi connectivity index (χ2n) is 5.57. The average Bonchev–Trinajstić information content (AvgIpc) is 3.20. The van der Waals surface area contributed by atoms with Crippen LogP contribution in [0.15, 0.2) is 29.3 Å². The highest BCUT2D eigenvalue weighted by Crippen LogP contribution is 2.24. The van der Waals surface area contributed by atoms with E-state index in [4.69, 9.17) is 5.73 Å². The molecule has 0 saturated heterocycles. The molecule has 0 aromatic heterocycles. The maximum atomic E-state index is 5.97. The van der Waals surface area contributed by atoms with Crippen LogP contribution in [0.5, 0.6) is 0 Å². The summed E-state index contributed by atoms with van der Waals surface area (Å²) in [6.07, 6.45) is 2.48. The van der Waals surface area contributed by atoms with Crippen molar-refractivity contribution in [3.63, 3.8) is 0 Å². The van der Waals surface area contributed by atoms with E-state index in [-0.39, 0.29) is 24.0 Å². The van der Waals surface area contributed by atoms with Crippen molar-refractivity contribution >= 4 is 29.9 Å². The average molecular weight is 388 g/mol. The van der Waals surface area contributed by atoms with E-state index in [1.807, 2.05) is 7.05 Å². The Labute approximate surface area is 139 Å². The number of hydrogen-bond acceptors (Lipinski definition) is 2. The maximum Gasteiger partial charge on any atom is 0.191 e. The third kappa shape index (κ3) is 5.28. The van der Waals surface area contributed by atoms with Crippen LogP contribution in [-0.4, -0.2) is 42.9 Å². The Morgan fingerprint density at radius 3 is 2.20 bits per heavy atom. The molecule has 1 aromatic rings. The van der Waals surface area contributed by atoms with Crippen molar-refractivity contribution in [1.82, 2.24) is 9.80 Å². The zero-order valence-corrected chi connectivity index (χ0v) is 14.9. The van der Waals surface area contributed by atoms with Gasteiger partial charge in [-0.2, -0.15) is 0 Å².